The lowest BCUT2D eigenvalue weighted by Gasteiger charge is -2.24. The molecule has 0 radical (unpaired) electrons. The summed E-state index contributed by atoms with van der Waals surface area (Å²) in [4.78, 5) is 0. The average molecular weight is 410 g/mol. The maximum absolute atomic E-state index is 14.7. The van der Waals surface area contributed by atoms with Gasteiger partial charge in [-0.2, -0.15) is 5.26 Å². The summed E-state index contributed by atoms with van der Waals surface area (Å²) in [7, 11) is 3.01. The third kappa shape index (κ3) is 2.90. The van der Waals surface area contributed by atoms with Gasteiger partial charge >= 0.3 is 0 Å². The molecule has 7 nitrogen and oxygen atoms in total. The van der Waals surface area contributed by atoms with E-state index in [4.69, 9.17) is 19.9 Å². The summed E-state index contributed by atoms with van der Waals surface area (Å²) in [6.45, 7) is 0. The Kier molecular flexibility index (Phi) is 4.75. The Morgan fingerprint density at radius 3 is 2.63 bits per heavy atom. The molecule has 0 amide bonds. The molecule has 1 aliphatic rings. The molecule has 0 bridgehead atoms. The quantitative estimate of drug-likeness (QED) is 0.681. The molecule has 0 saturated carbocycles. The van der Waals surface area contributed by atoms with E-state index in [2.05, 4.69) is 10.2 Å². The number of nitrogens with two attached hydrogens (primary N) is 1. The number of aromatic amines is 1. The maximum Gasteiger partial charge on any atom is 0.244 e. The highest BCUT2D eigenvalue weighted by Crippen LogP contribution is 2.47. The molecule has 1 unspecified atom stereocenters. The first-order chi connectivity index (χ1) is 14.5. The Labute approximate surface area is 170 Å². The fourth-order valence-electron chi connectivity index (χ4n) is 3.51. The molecule has 0 fully saturated rings. The minimum atomic E-state index is -1.07. The largest absolute Gasteiger partial charge is 0.493 e. The first-order valence-electron chi connectivity index (χ1n) is 8.82. The van der Waals surface area contributed by atoms with Crippen molar-refractivity contribution in [3.8, 4) is 34.7 Å². The summed E-state index contributed by atoms with van der Waals surface area (Å²) < 4.78 is 44.8. The van der Waals surface area contributed by atoms with Crippen LogP contribution in [0.25, 0.3) is 11.3 Å². The molecule has 0 aliphatic carbocycles. The van der Waals surface area contributed by atoms with Gasteiger partial charge in [0, 0.05) is 11.1 Å². The molecule has 1 atom stereocenters. The molecule has 152 valence electrons. The van der Waals surface area contributed by atoms with Crippen LogP contribution in [-0.2, 0) is 0 Å². The fraction of sp³-hybridized carbons (Fsp3) is 0.143. The average Bonchev–Trinajstić information content (AvgIpc) is 3.17. The highest BCUT2D eigenvalue weighted by Gasteiger charge is 2.37. The Hall–Kier alpha value is -4.06. The number of benzene rings is 2. The van der Waals surface area contributed by atoms with Gasteiger partial charge in [-0.3, -0.25) is 5.10 Å². The van der Waals surface area contributed by atoms with Gasteiger partial charge in [0.25, 0.3) is 0 Å². The molecule has 1 aromatic heterocycles. The lowest BCUT2D eigenvalue weighted by Crippen LogP contribution is -2.21. The van der Waals surface area contributed by atoms with Crippen molar-refractivity contribution in [1.29, 1.82) is 5.26 Å². The molecular weight excluding hydrogens is 394 g/mol. The van der Waals surface area contributed by atoms with Gasteiger partial charge in [0.15, 0.2) is 23.1 Å². The molecule has 0 saturated heterocycles. The number of fused-ring (bicyclic) bond motifs is 1. The predicted octanol–water partition coefficient (Wildman–Crippen LogP) is 3.59. The monoisotopic (exact) mass is 410 g/mol. The highest BCUT2D eigenvalue weighted by molar-refractivity contribution is 5.73. The van der Waals surface area contributed by atoms with Crippen LogP contribution in [0.4, 0.5) is 8.78 Å². The second kappa shape index (κ2) is 7.40. The zero-order chi connectivity index (χ0) is 21.4. The van der Waals surface area contributed by atoms with Crippen LogP contribution in [-0.4, -0.2) is 24.4 Å². The van der Waals surface area contributed by atoms with Crippen molar-refractivity contribution >= 4 is 0 Å². The normalized spacial score (nSPS) is 15.2. The molecule has 3 aromatic rings. The number of aromatic nitrogens is 2. The molecule has 1 aliphatic heterocycles. The molecule has 2 aromatic carbocycles. The van der Waals surface area contributed by atoms with E-state index in [0.717, 1.165) is 6.07 Å². The molecule has 4 rings (SSSR count). The second-order valence-electron chi connectivity index (χ2n) is 6.46. The van der Waals surface area contributed by atoms with E-state index in [1.165, 1.54) is 26.4 Å². The minimum absolute atomic E-state index is 0.0462. The van der Waals surface area contributed by atoms with Crippen molar-refractivity contribution in [2.24, 2.45) is 5.73 Å². The summed E-state index contributed by atoms with van der Waals surface area (Å²) in [5.74, 6) is -2.30. The van der Waals surface area contributed by atoms with Crippen LogP contribution < -0.4 is 19.9 Å². The molecule has 30 heavy (non-hydrogen) atoms. The van der Waals surface area contributed by atoms with E-state index < -0.39 is 17.6 Å². The van der Waals surface area contributed by atoms with Crippen molar-refractivity contribution in [3.63, 3.8) is 0 Å². The number of nitrogens with zero attached hydrogens (tertiary/aromatic N) is 2. The van der Waals surface area contributed by atoms with Gasteiger partial charge < -0.3 is 19.9 Å². The van der Waals surface area contributed by atoms with Crippen LogP contribution in [0.3, 0.4) is 0 Å². The van der Waals surface area contributed by atoms with Gasteiger partial charge in [-0.05, 0) is 24.3 Å². The molecule has 9 heteroatoms. The molecule has 0 spiro atoms. The summed E-state index contributed by atoms with van der Waals surface area (Å²) in [6.07, 6.45) is 0. The van der Waals surface area contributed by atoms with E-state index in [9.17, 15) is 14.0 Å². The number of nitrogens with one attached hydrogen (secondary N) is 1. The third-order valence-corrected chi connectivity index (χ3v) is 4.90. The van der Waals surface area contributed by atoms with Crippen molar-refractivity contribution in [2.75, 3.05) is 14.2 Å². The van der Waals surface area contributed by atoms with Gasteiger partial charge in [0.05, 0.1) is 31.4 Å². The van der Waals surface area contributed by atoms with E-state index in [1.54, 1.807) is 18.2 Å². The first-order valence-corrected chi connectivity index (χ1v) is 8.82. The summed E-state index contributed by atoms with van der Waals surface area (Å²) in [6, 6.07) is 10.8. The maximum atomic E-state index is 14.7. The summed E-state index contributed by atoms with van der Waals surface area (Å²) >= 11 is 0. The number of ether oxygens (including phenoxy) is 3. The van der Waals surface area contributed by atoms with Crippen LogP contribution in [0.2, 0.25) is 0 Å². The van der Waals surface area contributed by atoms with Crippen LogP contribution in [0.15, 0.2) is 47.9 Å². The lowest BCUT2D eigenvalue weighted by molar-refractivity contribution is 0.355. The number of allylic oxidation sites excluding steroid dienone is 1. The number of hydrogen-bond donors (Lipinski definition) is 2. The summed E-state index contributed by atoms with van der Waals surface area (Å²) in [5.41, 5.74) is 7.20. The van der Waals surface area contributed by atoms with Gasteiger partial charge in [-0.1, -0.05) is 12.1 Å². The minimum Gasteiger partial charge on any atom is -0.493 e. The third-order valence-electron chi connectivity index (χ3n) is 4.90. The molecule has 3 N–H and O–H groups in total. The van der Waals surface area contributed by atoms with Crippen LogP contribution in [0.5, 0.6) is 17.4 Å². The Bertz CT molecular complexity index is 1210. The van der Waals surface area contributed by atoms with Crippen LogP contribution in [0, 0.1) is 23.0 Å². The smallest absolute Gasteiger partial charge is 0.244 e. The van der Waals surface area contributed by atoms with Gasteiger partial charge in [0.1, 0.15) is 11.6 Å². The standard InChI is InChI=1S/C21H16F2N4O3/c1-28-14-7-6-10(8-15(14)29-2)19-17-16(11-4-3-5-13(22)18(11)23)12(9-24)20(25)30-21(17)27-26-19/h3-8,16H,25H2,1-2H3,(H,26,27). The van der Waals surface area contributed by atoms with Crippen LogP contribution in [0.1, 0.15) is 17.0 Å². The predicted molar refractivity (Wildman–Crippen MR) is 103 cm³/mol. The number of H-pyrrole nitrogens is 1. The number of methoxy groups -OCH3 is 2. The SMILES string of the molecule is COc1ccc(-c2[nH]nc3c2C(c2cccc(F)c2F)C(C#N)=C(N)O3)cc1OC. The van der Waals surface area contributed by atoms with Gasteiger partial charge in [0.2, 0.25) is 11.8 Å². The lowest BCUT2D eigenvalue weighted by atomic mass is 9.82. The van der Waals surface area contributed by atoms with Gasteiger partial charge in [-0.15, -0.1) is 5.10 Å². The number of nitriles is 1. The second-order valence-corrected chi connectivity index (χ2v) is 6.46. The Balaban J connectivity index is 1.96. The molecular formula is C21H16F2N4O3. The van der Waals surface area contributed by atoms with Gasteiger partial charge in [-0.25, -0.2) is 8.78 Å². The topological polar surface area (TPSA) is 106 Å². The zero-order valence-corrected chi connectivity index (χ0v) is 16.0. The summed E-state index contributed by atoms with van der Waals surface area (Å²) in [5, 5.41) is 16.6. The van der Waals surface area contributed by atoms with Crippen molar-refractivity contribution in [1.82, 2.24) is 10.2 Å². The van der Waals surface area contributed by atoms with E-state index >= 15 is 0 Å². The molecule has 2 heterocycles. The van der Waals surface area contributed by atoms with E-state index in [1.807, 2.05) is 6.07 Å². The Morgan fingerprint density at radius 2 is 1.93 bits per heavy atom. The highest BCUT2D eigenvalue weighted by atomic mass is 19.2. The number of rotatable bonds is 4. The number of hydrogen-bond acceptors (Lipinski definition) is 6. The van der Waals surface area contributed by atoms with Crippen molar-refractivity contribution < 1.29 is 23.0 Å². The first kappa shape index (κ1) is 19.3. The van der Waals surface area contributed by atoms with Crippen molar-refractivity contribution in [2.45, 2.75) is 5.92 Å². The number of halogens is 2. The van der Waals surface area contributed by atoms with E-state index in [0.29, 0.717) is 28.3 Å². The van der Waals surface area contributed by atoms with Crippen LogP contribution >= 0.6 is 0 Å². The fourth-order valence-corrected chi connectivity index (χ4v) is 3.51. The van der Waals surface area contributed by atoms with Crippen molar-refractivity contribution in [3.05, 3.63) is 70.6 Å². The van der Waals surface area contributed by atoms with E-state index in [-0.39, 0.29) is 22.9 Å². The Morgan fingerprint density at radius 1 is 1.17 bits per heavy atom. The zero-order valence-electron chi connectivity index (χ0n) is 16.0.